The number of hydrogen-bond donors (Lipinski definition) is 0. The molecule has 2 aliphatic rings. The first-order valence-corrected chi connectivity index (χ1v) is 6.17. The van der Waals surface area contributed by atoms with E-state index in [-0.39, 0.29) is 5.92 Å². The highest BCUT2D eigenvalue weighted by atomic mass is 16.5. The third-order valence-corrected chi connectivity index (χ3v) is 3.81. The summed E-state index contributed by atoms with van der Waals surface area (Å²) in [4.78, 5) is 11.6. The van der Waals surface area contributed by atoms with Gasteiger partial charge in [0.25, 0.3) is 0 Å². The van der Waals surface area contributed by atoms with E-state index in [2.05, 4.69) is 24.3 Å². The van der Waals surface area contributed by atoms with Crippen LogP contribution in [0, 0.1) is 17.8 Å². The highest BCUT2D eigenvalue weighted by Gasteiger charge is 2.43. The van der Waals surface area contributed by atoms with Crippen molar-refractivity contribution in [1.29, 1.82) is 0 Å². The lowest BCUT2D eigenvalue weighted by atomic mass is 9.97. The smallest absolute Gasteiger partial charge is 0.140 e. The predicted octanol–water partition coefficient (Wildman–Crippen LogP) is 2.59. The van der Waals surface area contributed by atoms with E-state index in [4.69, 9.17) is 4.74 Å². The van der Waals surface area contributed by atoms with Crippen LogP contribution in [0.2, 0.25) is 0 Å². The molecular formula is C15H16O2. The molecule has 0 radical (unpaired) electrons. The van der Waals surface area contributed by atoms with Crippen molar-refractivity contribution in [3.63, 3.8) is 0 Å². The summed E-state index contributed by atoms with van der Waals surface area (Å²) in [6.07, 6.45) is 4.97. The van der Waals surface area contributed by atoms with Crippen LogP contribution in [-0.4, -0.2) is 12.4 Å². The van der Waals surface area contributed by atoms with Crippen LogP contribution in [0.15, 0.2) is 42.5 Å². The van der Waals surface area contributed by atoms with Crippen LogP contribution in [0.25, 0.3) is 0 Å². The van der Waals surface area contributed by atoms with Gasteiger partial charge in [-0.15, -0.1) is 0 Å². The van der Waals surface area contributed by atoms with Crippen LogP contribution >= 0.6 is 0 Å². The Kier molecular flexibility index (Phi) is 2.81. The fraction of sp³-hybridized carbons (Fsp3) is 0.400. The molecule has 0 heterocycles. The molecule has 0 N–H and O–H groups in total. The first-order chi connectivity index (χ1) is 8.34. The van der Waals surface area contributed by atoms with E-state index < -0.39 is 0 Å². The lowest BCUT2D eigenvalue weighted by Gasteiger charge is -2.14. The number of ether oxygens (including phenoxy) is 1. The summed E-state index contributed by atoms with van der Waals surface area (Å²) >= 11 is 0. The molecular weight excluding hydrogens is 212 g/mol. The van der Waals surface area contributed by atoms with Gasteiger partial charge in [-0.25, -0.2) is 0 Å². The fourth-order valence-corrected chi connectivity index (χ4v) is 2.86. The number of Topliss-reactive ketones (excluding diaryl/α,β-unsaturated/α-hetero) is 1. The Morgan fingerprint density at radius 2 is 2.00 bits per heavy atom. The van der Waals surface area contributed by atoms with Gasteiger partial charge in [0.1, 0.15) is 5.78 Å². The second-order valence-electron chi connectivity index (χ2n) is 4.91. The Bertz CT molecular complexity index is 435. The molecule has 0 amide bonds. The minimum Gasteiger partial charge on any atom is -0.376 e. The Morgan fingerprint density at radius 3 is 2.65 bits per heavy atom. The van der Waals surface area contributed by atoms with Crippen LogP contribution in [0.1, 0.15) is 12.0 Å². The van der Waals surface area contributed by atoms with Gasteiger partial charge in [-0.05, 0) is 11.5 Å². The number of ketones is 1. The second kappa shape index (κ2) is 4.46. The normalized spacial score (nSPS) is 30.1. The molecule has 2 bridgehead atoms. The summed E-state index contributed by atoms with van der Waals surface area (Å²) in [5, 5.41) is 0. The summed E-state index contributed by atoms with van der Waals surface area (Å²) in [7, 11) is 0. The van der Waals surface area contributed by atoms with Gasteiger partial charge >= 0.3 is 0 Å². The van der Waals surface area contributed by atoms with Crippen molar-refractivity contribution in [2.24, 2.45) is 17.8 Å². The molecule has 3 atom stereocenters. The molecule has 0 saturated heterocycles. The van der Waals surface area contributed by atoms with E-state index in [0.717, 1.165) is 6.42 Å². The maximum absolute atomic E-state index is 11.6. The number of rotatable bonds is 4. The van der Waals surface area contributed by atoms with Gasteiger partial charge in [0.05, 0.1) is 13.2 Å². The number of allylic oxidation sites excluding steroid dienone is 2. The standard InChI is InChI=1S/C15H16O2/c16-15-8-12-6-7-13(15)14(12)10-17-9-11-4-2-1-3-5-11/h1-7,12-14H,8-10H2/t12-,13-,14?/m1/s1. The minimum atomic E-state index is 0.135. The van der Waals surface area contributed by atoms with Crippen molar-refractivity contribution in [2.75, 3.05) is 6.61 Å². The van der Waals surface area contributed by atoms with E-state index in [9.17, 15) is 4.79 Å². The SMILES string of the molecule is O=C1C[C@H]2C=C[C@@H]1C2COCc1ccccc1. The molecule has 88 valence electrons. The molecule has 2 heteroatoms. The van der Waals surface area contributed by atoms with Crippen LogP contribution in [0.4, 0.5) is 0 Å². The molecule has 1 aromatic carbocycles. The molecule has 1 aromatic rings. The van der Waals surface area contributed by atoms with Gasteiger partial charge in [-0.2, -0.15) is 0 Å². The summed E-state index contributed by atoms with van der Waals surface area (Å²) in [5.41, 5.74) is 1.19. The predicted molar refractivity (Wildman–Crippen MR) is 65.3 cm³/mol. The van der Waals surface area contributed by atoms with Crippen molar-refractivity contribution in [3.05, 3.63) is 48.0 Å². The highest BCUT2D eigenvalue weighted by Crippen LogP contribution is 2.42. The molecule has 0 spiro atoms. The van der Waals surface area contributed by atoms with E-state index in [0.29, 0.717) is 30.8 Å². The van der Waals surface area contributed by atoms with Crippen molar-refractivity contribution in [1.82, 2.24) is 0 Å². The number of fused-ring (bicyclic) bond motifs is 2. The second-order valence-corrected chi connectivity index (χ2v) is 4.91. The first-order valence-electron chi connectivity index (χ1n) is 6.17. The molecule has 0 aliphatic heterocycles. The molecule has 3 rings (SSSR count). The number of benzene rings is 1. The monoisotopic (exact) mass is 228 g/mol. The number of hydrogen-bond acceptors (Lipinski definition) is 2. The van der Waals surface area contributed by atoms with Crippen molar-refractivity contribution >= 4 is 5.78 Å². The fourth-order valence-electron chi connectivity index (χ4n) is 2.86. The van der Waals surface area contributed by atoms with Crippen molar-refractivity contribution in [3.8, 4) is 0 Å². The summed E-state index contributed by atoms with van der Waals surface area (Å²) < 4.78 is 5.74. The van der Waals surface area contributed by atoms with Gasteiger partial charge in [-0.3, -0.25) is 4.79 Å². The molecule has 1 unspecified atom stereocenters. The molecule has 0 aromatic heterocycles. The zero-order valence-corrected chi connectivity index (χ0v) is 9.71. The third-order valence-electron chi connectivity index (χ3n) is 3.81. The lowest BCUT2D eigenvalue weighted by Crippen LogP contribution is -2.16. The van der Waals surface area contributed by atoms with Gasteiger partial charge in [0, 0.05) is 18.3 Å². The summed E-state index contributed by atoms with van der Waals surface area (Å²) in [5.74, 6) is 1.36. The lowest BCUT2D eigenvalue weighted by molar-refractivity contribution is -0.120. The molecule has 2 aliphatic carbocycles. The minimum absolute atomic E-state index is 0.135. The Labute approximate surface area is 101 Å². The maximum atomic E-state index is 11.6. The van der Waals surface area contributed by atoms with Gasteiger partial charge in [-0.1, -0.05) is 42.5 Å². The van der Waals surface area contributed by atoms with Crippen LogP contribution in [-0.2, 0) is 16.1 Å². The summed E-state index contributed by atoms with van der Waals surface area (Å²) in [6.45, 7) is 1.34. The van der Waals surface area contributed by atoms with Crippen molar-refractivity contribution in [2.45, 2.75) is 13.0 Å². The molecule has 1 fully saturated rings. The molecule has 2 nitrogen and oxygen atoms in total. The zero-order chi connectivity index (χ0) is 11.7. The van der Waals surface area contributed by atoms with Crippen LogP contribution in [0.3, 0.4) is 0 Å². The zero-order valence-electron chi connectivity index (χ0n) is 9.71. The maximum Gasteiger partial charge on any atom is 0.140 e. The average Bonchev–Trinajstić information content (AvgIpc) is 2.87. The Balaban J connectivity index is 1.52. The van der Waals surface area contributed by atoms with Crippen molar-refractivity contribution < 1.29 is 9.53 Å². The topological polar surface area (TPSA) is 26.3 Å². The largest absolute Gasteiger partial charge is 0.376 e. The first kappa shape index (κ1) is 10.7. The van der Waals surface area contributed by atoms with E-state index >= 15 is 0 Å². The van der Waals surface area contributed by atoms with Crippen LogP contribution in [0.5, 0.6) is 0 Å². The molecule has 1 saturated carbocycles. The third kappa shape index (κ3) is 2.05. The van der Waals surface area contributed by atoms with Gasteiger partial charge < -0.3 is 4.74 Å². The molecule has 17 heavy (non-hydrogen) atoms. The Morgan fingerprint density at radius 1 is 1.18 bits per heavy atom. The van der Waals surface area contributed by atoms with Crippen LogP contribution < -0.4 is 0 Å². The average molecular weight is 228 g/mol. The highest BCUT2D eigenvalue weighted by molar-refractivity contribution is 5.87. The number of carbonyl (C=O) groups excluding carboxylic acids is 1. The summed E-state index contributed by atoms with van der Waals surface area (Å²) in [6, 6.07) is 10.2. The van der Waals surface area contributed by atoms with E-state index in [1.165, 1.54) is 5.56 Å². The number of carbonyl (C=O) groups is 1. The van der Waals surface area contributed by atoms with E-state index in [1.54, 1.807) is 0 Å². The van der Waals surface area contributed by atoms with Gasteiger partial charge in [0.2, 0.25) is 0 Å². The van der Waals surface area contributed by atoms with E-state index in [1.807, 2.05) is 18.2 Å². The quantitative estimate of drug-likeness (QED) is 0.740. The Hall–Kier alpha value is -1.41. The van der Waals surface area contributed by atoms with Gasteiger partial charge in [0.15, 0.2) is 0 Å².